The number of carbonyl (C=O) groups excluding carboxylic acids is 1. The molecule has 0 aromatic carbocycles. The molecular formula is C49H84O2. The van der Waals surface area contributed by atoms with E-state index >= 15 is 0 Å². The summed E-state index contributed by atoms with van der Waals surface area (Å²) >= 11 is 0. The highest BCUT2D eigenvalue weighted by Crippen LogP contribution is 2.67. The third-order valence-electron chi connectivity index (χ3n) is 14.9. The highest BCUT2D eigenvalue weighted by atomic mass is 16.5. The quantitative estimate of drug-likeness (QED) is 0.0568. The van der Waals surface area contributed by atoms with Crippen LogP contribution in [0.15, 0.2) is 36.0 Å². The average molecular weight is 705 g/mol. The Bertz CT molecular complexity index is 1080. The molecule has 51 heavy (non-hydrogen) atoms. The Morgan fingerprint density at radius 2 is 1.43 bits per heavy atom. The monoisotopic (exact) mass is 705 g/mol. The predicted octanol–water partition coefficient (Wildman–Crippen LogP) is 15.3. The van der Waals surface area contributed by atoms with E-state index in [0.29, 0.717) is 17.3 Å². The molecule has 4 aliphatic carbocycles. The predicted molar refractivity (Wildman–Crippen MR) is 221 cm³/mol. The summed E-state index contributed by atoms with van der Waals surface area (Å²) in [6, 6.07) is 0. The SMILES string of the molecule is CCCCCC=CCC=CCCCCCCCCCCCC(=O)O[C@H]1CC[C@@]2(C)C(=CCC3C4CCC([C@H](C)CCCC(C)C)[C@@]4(C)CCC32)C1. The van der Waals surface area contributed by atoms with Gasteiger partial charge in [0.15, 0.2) is 0 Å². The Morgan fingerprint density at radius 3 is 2.12 bits per heavy atom. The lowest BCUT2D eigenvalue weighted by Crippen LogP contribution is -2.51. The van der Waals surface area contributed by atoms with E-state index in [9.17, 15) is 4.79 Å². The van der Waals surface area contributed by atoms with Gasteiger partial charge in [-0.3, -0.25) is 4.79 Å². The molecule has 0 aliphatic heterocycles. The number of rotatable bonds is 24. The van der Waals surface area contributed by atoms with Crippen molar-refractivity contribution in [3.8, 4) is 0 Å². The van der Waals surface area contributed by atoms with E-state index in [1.807, 2.05) is 0 Å². The Kier molecular flexibility index (Phi) is 18.4. The maximum atomic E-state index is 12.9. The van der Waals surface area contributed by atoms with Crippen molar-refractivity contribution in [1.82, 2.24) is 0 Å². The molecule has 2 heteroatoms. The first kappa shape index (κ1) is 42.4. The first-order chi connectivity index (χ1) is 24.7. The summed E-state index contributed by atoms with van der Waals surface area (Å²) in [5.74, 6) is 5.31. The van der Waals surface area contributed by atoms with Gasteiger partial charge in [0.05, 0.1) is 0 Å². The van der Waals surface area contributed by atoms with Gasteiger partial charge < -0.3 is 4.74 Å². The minimum Gasteiger partial charge on any atom is -0.462 e. The van der Waals surface area contributed by atoms with E-state index in [0.717, 1.165) is 61.2 Å². The number of carbonyl (C=O) groups is 1. The zero-order valence-corrected chi connectivity index (χ0v) is 34.8. The van der Waals surface area contributed by atoms with E-state index in [1.54, 1.807) is 5.57 Å². The Morgan fingerprint density at radius 1 is 0.765 bits per heavy atom. The largest absolute Gasteiger partial charge is 0.462 e. The van der Waals surface area contributed by atoms with Crippen LogP contribution >= 0.6 is 0 Å². The molecule has 3 saturated carbocycles. The summed E-state index contributed by atoms with van der Waals surface area (Å²) in [6.07, 6.45) is 46.4. The summed E-state index contributed by atoms with van der Waals surface area (Å²) in [7, 11) is 0. The minimum absolute atomic E-state index is 0.0582. The fourth-order valence-electron chi connectivity index (χ4n) is 11.8. The second-order valence-electron chi connectivity index (χ2n) is 19.0. The average Bonchev–Trinajstić information content (AvgIpc) is 3.46. The van der Waals surface area contributed by atoms with Gasteiger partial charge >= 0.3 is 5.97 Å². The van der Waals surface area contributed by atoms with Crippen LogP contribution in [-0.2, 0) is 9.53 Å². The first-order valence-electron chi connectivity index (χ1n) is 22.9. The summed E-state index contributed by atoms with van der Waals surface area (Å²) in [4.78, 5) is 12.9. The lowest BCUT2D eigenvalue weighted by Gasteiger charge is -2.58. The molecule has 8 atom stereocenters. The Balaban J connectivity index is 1.05. The first-order valence-corrected chi connectivity index (χ1v) is 22.9. The Hall–Kier alpha value is -1.31. The van der Waals surface area contributed by atoms with Gasteiger partial charge in [0.2, 0.25) is 0 Å². The van der Waals surface area contributed by atoms with Crippen LogP contribution in [0.1, 0.15) is 215 Å². The van der Waals surface area contributed by atoms with Crippen LogP contribution in [0.3, 0.4) is 0 Å². The molecule has 0 spiro atoms. The molecule has 3 fully saturated rings. The zero-order chi connectivity index (χ0) is 36.5. The summed E-state index contributed by atoms with van der Waals surface area (Å²) in [6.45, 7) is 14.9. The van der Waals surface area contributed by atoms with E-state index in [-0.39, 0.29) is 12.1 Å². The summed E-state index contributed by atoms with van der Waals surface area (Å²) in [5, 5.41) is 0. The normalized spacial score (nSPS) is 31.1. The van der Waals surface area contributed by atoms with E-state index < -0.39 is 0 Å². The van der Waals surface area contributed by atoms with Gasteiger partial charge in [-0.15, -0.1) is 0 Å². The summed E-state index contributed by atoms with van der Waals surface area (Å²) in [5.41, 5.74) is 2.52. The second-order valence-corrected chi connectivity index (χ2v) is 19.0. The number of allylic oxidation sites excluding steroid dienone is 5. The number of esters is 1. The molecule has 0 saturated heterocycles. The fraction of sp³-hybridized carbons (Fsp3) is 0.857. The number of hydrogen-bond donors (Lipinski definition) is 0. The molecule has 4 unspecified atom stereocenters. The smallest absolute Gasteiger partial charge is 0.306 e. The van der Waals surface area contributed by atoms with Crippen LogP contribution in [0.4, 0.5) is 0 Å². The van der Waals surface area contributed by atoms with Crippen LogP contribution < -0.4 is 0 Å². The number of hydrogen-bond acceptors (Lipinski definition) is 2. The van der Waals surface area contributed by atoms with Gasteiger partial charge in [0.25, 0.3) is 0 Å². The van der Waals surface area contributed by atoms with Gasteiger partial charge in [-0.05, 0) is 130 Å². The van der Waals surface area contributed by atoms with Gasteiger partial charge in [-0.25, -0.2) is 0 Å². The van der Waals surface area contributed by atoms with Crippen LogP contribution in [0.25, 0.3) is 0 Å². The van der Waals surface area contributed by atoms with Crippen LogP contribution in [0.2, 0.25) is 0 Å². The van der Waals surface area contributed by atoms with E-state index in [4.69, 9.17) is 4.74 Å². The van der Waals surface area contributed by atoms with Crippen molar-refractivity contribution < 1.29 is 9.53 Å². The molecule has 2 nitrogen and oxygen atoms in total. The standard InChI is InChI=1S/C49H84O2/c1-7-8-9-10-11-12-13-14-15-16-17-18-19-20-21-22-23-24-25-29-47(50)51-42-34-36-48(5)41(38-42)30-31-43-45-33-32-44(40(4)28-26-27-39(2)3)49(45,6)37-35-46(43)48/h11-12,14-15,30,39-40,42-46H,7-10,13,16-29,31-38H2,1-6H3/t40-,42+,43?,44?,45?,46?,48+,49-/m1/s1. The molecule has 0 radical (unpaired) electrons. The van der Waals surface area contributed by atoms with Crippen molar-refractivity contribution in [2.75, 3.05) is 0 Å². The fourth-order valence-corrected chi connectivity index (χ4v) is 11.8. The zero-order valence-electron chi connectivity index (χ0n) is 34.8. The number of ether oxygens (including phenoxy) is 1. The van der Waals surface area contributed by atoms with E-state index in [1.165, 1.54) is 141 Å². The maximum absolute atomic E-state index is 12.9. The molecule has 0 heterocycles. The van der Waals surface area contributed by atoms with E-state index in [2.05, 4.69) is 71.9 Å². The minimum atomic E-state index is 0.0582. The summed E-state index contributed by atoms with van der Waals surface area (Å²) < 4.78 is 6.14. The van der Waals surface area contributed by atoms with Crippen molar-refractivity contribution in [3.05, 3.63) is 36.0 Å². The molecule has 0 aromatic rings. The maximum Gasteiger partial charge on any atom is 0.306 e. The van der Waals surface area contributed by atoms with Crippen molar-refractivity contribution in [2.45, 2.75) is 221 Å². The molecular weight excluding hydrogens is 621 g/mol. The lowest BCUT2D eigenvalue weighted by molar-refractivity contribution is -0.151. The van der Waals surface area contributed by atoms with Crippen molar-refractivity contribution >= 4 is 5.97 Å². The molecule has 0 bridgehead atoms. The highest BCUT2D eigenvalue weighted by molar-refractivity contribution is 5.69. The third kappa shape index (κ3) is 12.6. The molecule has 292 valence electrons. The van der Waals surface area contributed by atoms with Gasteiger partial charge in [-0.1, -0.05) is 155 Å². The molecule has 4 rings (SSSR count). The second kappa shape index (κ2) is 22.2. The Labute approximate surface area is 317 Å². The molecule has 0 aromatic heterocycles. The topological polar surface area (TPSA) is 26.3 Å². The molecule has 0 amide bonds. The molecule has 4 aliphatic rings. The van der Waals surface area contributed by atoms with Crippen molar-refractivity contribution in [3.63, 3.8) is 0 Å². The van der Waals surface area contributed by atoms with Crippen LogP contribution in [-0.4, -0.2) is 12.1 Å². The van der Waals surface area contributed by atoms with Crippen molar-refractivity contribution in [2.24, 2.45) is 46.3 Å². The van der Waals surface area contributed by atoms with Crippen LogP contribution in [0, 0.1) is 46.3 Å². The van der Waals surface area contributed by atoms with Gasteiger partial charge in [0, 0.05) is 12.8 Å². The van der Waals surface area contributed by atoms with Crippen molar-refractivity contribution in [1.29, 1.82) is 0 Å². The van der Waals surface area contributed by atoms with Crippen LogP contribution in [0.5, 0.6) is 0 Å². The molecule has 0 N–H and O–H groups in total. The van der Waals surface area contributed by atoms with Gasteiger partial charge in [0.1, 0.15) is 6.10 Å². The number of unbranched alkanes of at least 4 members (excludes halogenated alkanes) is 12. The highest BCUT2D eigenvalue weighted by Gasteiger charge is 2.59. The number of fused-ring (bicyclic) bond motifs is 5. The van der Waals surface area contributed by atoms with Gasteiger partial charge in [-0.2, -0.15) is 0 Å². The third-order valence-corrected chi connectivity index (χ3v) is 14.9. The lowest BCUT2D eigenvalue weighted by atomic mass is 9.47.